The summed E-state index contributed by atoms with van der Waals surface area (Å²) < 4.78 is 4.90. The molecule has 0 aliphatic rings. The molecule has 0 saturated carbocycles. The summed E-state index contributed by atoms with van der Waals surface area (Å²) in [5, 5.41) is 0. The lowest BCUT2D eigenvalue weighted by molar-refractivity contribution is -0.137. The largest absolute Gasteiger partial charge is 0.463 e. The Morgan fingerprint density at radius 1 is 1.33 bits per heavy atom. The molecule has 1 atom stereocenters. The number of nitrogens with zero attached hydrogens (tertiary/aromatic N) is 2. The first kappa shape index (κ1) is 19.8. The fourth-order valence-corrected chi connectivity index (χ4v) is 2.40. The van der Waals surface area contributed by atoms with E-state index in [-0.39, 0.29) is 12.0 Å². The predicted molar refractivity (Wildman–Crippen MR) is 98.5 cm³/mol. The number of hydrogen-bond donors (Lipinski definition) is 0. The van der Waals surface area contributed by atoms with E-state index >= 15 is 0 Å². The van der Waals surface area contributed by atoms with E-state index in [1.54, 1.807) is 13.1 Å². The van der Waals surface area contributed by atoms with Crippen LogP contribution in [0.15, 0.2) is 36.5 Å². The molecule has 4 nitrogen and oxygen atoms in total. The van der Waals surface area contributed by atoms with Crippen molar-refractivity contribution in [1.82, 2.24) is 9.80 Å². The topological polar surface area (TPSA) is 32.8 Å². The molecule has 0 N–H and O–H groups in total. The molecule has 0 aliphatic carbocycles. The summed E-state index contributed by atoms with van der Waals surface area (Å²) in [5.41, 5.74) is 2.53. The minimum absolute atomic E-state index is 0.251. The number of benzene rings is 1. The van der Waals surface area contributed by atoms with Gasteiger partial charge in [0.15, 0.2) is 0 Å². The Hall–Kier alpha value is -2.25. The minimum atomic E-state index is -0.323. The first-order chi connectivity index (χ1) is 11.5. The van der Waals surface area contributed by atoms with Gasteiger partial charge in [0, 0.05) is 31.9 Å². The zero-order chi connectivity index (χ0) is 17.9. The molecule has 1 unspecified atom stereocenters. The van der Waals surface area contributed by atoms with Gasteiger partial charge in [-0.25, -0.2) is 4.79 Å². The number of ether oxygens (including phenoxy) is 1. The zero-order valence-corrected chi connectivity index (χ0v) is 15.2. The standard InChI is InChI=1S/C20H28N2O2/c1-6-13-22(5)19(15-18-10-8-17(3)9-11-18)16-21(4)14-12-20(23)24-7-2/h1,8-12,14,19H,7,13,15-16H2,2-5H3. The zero-order valence-electron chi connectivity index (χ0n) is 15.2. The van der Waals surface area contributed by atoms with E-state index in [0.717, 1.165) is 13.0 Å². The lowest BCUT2D eigenvalue weighted by atomic mass is 10.0. The van der Waals surface area contributed by atoms with Gasteiger partial charge in [0.05, 0.1) is 13.2 Å². The Morgan fingerprint density at radius 2 is 2.00 bits per heavy atom. The lowest BCUT2D eigenvalue weighted by Gasteiger charge is -2.30. The second kappa shape index (κ2) is 10.5. The van der Waals surface area contributed by atoms with Gasteiger partial charge in [-0.15, -0.1) is 6.42 Å². The summed E-state index contributed by atoms with van der Waals surface area (Å²) in [5.74, 6) is 2.38. The van der Waals surface area contributed by atoms with Crippen molar-refractivity contribution in [2.45, 2.75) is 26.3 Å². The maximum atomic E-state index is 11.4. The molecule has 0 bridgehead atoms. The molecular weight excluding hydrogens is 300 g/mol. The summed E-state index contributed by atoms with van der Waals surface area (Å²) >= 11 is 0. The van der Waals surface area contributed by atoms with Crippen LogP contribution < -0.4 is 0 Å². The average molecular weight is 328 g/mol. The molecule has 0 aromatic heterocycles. The molecule has 1 aromatic rings. The molecule has 0 amide bonds. The van der Waals surface area contributed by atoms with Gasteiger partial charge in [0.1, 0.15) is 0 Å². The van der Waals surface area contributed by atoms with Crippen LogP contribution in [0.25, 0.3) is 0 Å². The van der Waals surface area contributed by atoms with E-state index in [1.165, 1.54) is 17.2 Å². The molecule has 24 heavy (non-hydrogen) atoms. The third kappa shape index (κ3) is 7.34. The van der Waals surface area contributed by atoms with Crippen molar-refractivity contribution in [3.63, 3.8) is 0 Å². The quantitative estimate of drug-likeness (QED) is 0.396. The highest BCUT2D eigenvalue weighted by Crippen LogP contribution is 2.11. The van der Waals surface area contributed by atoms with Crippen molar-refractivity contribution in [3.8, 4) is 12.3 Å². The normalized spacial score (nSPS) is 12.2. The van der Waals surface area contributed by atoms with Crippen LogP contribution in [-0.2, 0) is 16.0 Å². The summed E-state index contributed by atoms with van der Waals surface area (Å²) in [7, 11) is 3.98. The number of terminal acetylenes is 1. The number of carbonyl (C=O) groups is 1. The Labute approximate surface area is 146 Å². The van der Waals surface area contributed by atoms with E-state index in [4.69, 9.17) is 11.2 Å². The van der Waals surface area contributed by atoms with E-state index in [0.29, 0.717) is 13.2 Å². The highest BCUT2D eigenvalue weighted by Gasteiger charge is 2.16. The second-order valence-corrected chi connectivity index (χ2v) is 5.97. The Bertz CT molecular complexity index is 572. The average Bonchev–Trinajstić information content (AvgIpc) is 2.55. The third-order valence-electron chi connectivity index (χ3n) is 3.81. The van der Waals surface area contributed by atoms with Crippen molar-refractivity contribution in [3.05, 3.63) is 47.7 Å². The molecular formula is C20H28N2O2. The van der Waals surface area contributed by atoms with Crippen molar-refractivity contribution in [2.24, 2.45) is 0 Å². The first-order valence-electron chi connectivity index (χ1n) is 8.20. The molecule has 1 aromatic carbocycles. The number of hydrogen-bond acceptors (Lipinski definition) is 4. The molecule has 0 spiro atoms. The fraction of sp³-hybridized carbons (Fsp3) is 0.450. The number of rotatable bonds is 9. The molecule has 4 heteroatoms. The van der Waals surface area contributed by atoms with Crippen LogP contribution in [0.4, 0.5) is 0 Å². The first-order valence-corrected chi connectivity index (χ1v) is 8.20. The van der Waals surface area contributed by atoms with Gasteiger partial charge in [-0.3, -0.25) is 4.90 Å². The van der Waals surface area contributed by atoms with Gasteiger partial charge in [0.2, 0.25) is 0 Å². The van der Waals surface area contributed by atoms with Crippen LogP contribution in [0, 0.1) is 19.3 Å². The van der Waals surface area contributed by atoms with E-state index < -0.39 is 0 Å². The van der Waals surface area contributed by atoms with Crippen molar-refractivity contribution < 1.29 is 9.53 Å². The number of likely N-dealkylation sites (N-methyl/N-ethyl adjacent to an activating group) is 2. The van der Waals surface area contributed by atoms with Gasteiger partial charge in [-0.1, -0.05) is 35.7 Å². The van der Waals surface area contributed by atoms with E-state index in [9.17, 15) is 4.79 Å². The summed E-state index contributed by atoms with van der Waals surface area (Å²) in [6.45, 7) is 5.61. The molecule has 0 saturated heterocycles. The number of esters is 1. The Kier molecular flexibility index (Phi) is 8.67. The van der Waals surface area contributed by atoms with Gasteiger partial charge in [0.25, 0.3) is 0 Å². The Morgan fingerprint density at radius 3 is 2.58 bits per heavy atom. The molecule has 0 radical (unpaired) electrons. The predicted octanol–water partition coefficient (Wildman–Crippen LogP) is 2.48. The lowest BCUT2D eigenvalue weighted by Crippen LogP contribution is -2.41. The van der Waals surface area contributed by atoms with Crippen LogP contribution in [0.3, 0.4) is 0 Å². The van der Waals surface area contributed by atoms with Gasteiger partial charge in [-0.2, -0.15) is 0 Å². The van der Waals surface area contributed by atoms with Crippen LogP contribution in [0.1, 0.15) is 18.1 Å². The smallest absolute Gasteiger partial charge is 0.332 e. The van der Waals surface area contributed by atoms with Crippen LogP contribution >= 0.6 is 0 Å². The minimum Gasteiger partial charge on any atom is -0.463 e. The summed E-state index contributed by atoms with van der Waals surface area (Å²) in [6.07, 6.45) is 9.57. The van der Waals surface area contributed by atoms with Gasteiger partial charge >= 0.3 is 5.97 Å². The maximum absolute atomic E-state index is 11.4. The maximum Gasteiger partial charge on any atom is 0.332 e. The molecule has 0 aliphatic heterocycles. The fourth-order valence-electron chi connectivity index (χ4n) is 2.40. The molecule has 1 rings (SSSR count). The van der Waals surface area contributed by atoms with E-state index in [1.807, 2.05) is 19.0 Å². The highest BCUT2D eigenvalue weighted by molar-refractivity contribution is 5.81. The number of aryl methyl sites for hydroxylation is 1. The third-order valence-corrected chi connectivity index (χ3v) is 3.81. The SMILES string of the molecule is C#CCN(C)C(Cc1ccc(C)cc1)CN(C)C=CC(=O)OCC. The second-order valence-electron chi connectivity index (χ2n) is 5.97. The van der Waals surface area contributed by atoms with E-state index in [2.05, 4.69) is 42.0 Å². The van der Waals surface area contributed by atoms with Crippen molar-refractivity contribution >= 4 is 5.97 Å². The summed E-state index contributed by atoms with van der Waals surface area (Å²) in [4.78, 5) is 15.6. The van der Waals surface area contributed by atoms with Crippen molar-refractivity contribution in [2.75, 3.05) is 33.8 Å². The number of carbonyl (C=O) groups excluding carboxylic acids is 1. The van der Waals surface area contributed by atoms with Crippen molar-refractivity contribution in [1.29, 1.82) is 0 Å². The molecule has 0 heterocycles. The van der Waals surface area contributed by atoms with Crippen LogP contribution in [0.5, 0.6) is 0 Å². The molecule has 0 fully saturated rings. The Balaban J connectivity index is 2.73. The molecule has 130 valence electrons. The van der Waals surface area contributed by atoms with Gasteiger partial charge < -0.3 is 9.64 Å². The van der Waals surface area contributed by atoms with Crippen LogP contribution in [0.2, 0.25) is 0 Å². The highest BCUT2D eigenvalue weighted by atomic mass is 16.5. The summed E-state index contributed by atoms with van der Waals surface area (Å²) in [6, 6.07) is 8.80. The monoisotopic (exact) mass is 328 g/mol. The van der Waals surface area contributed by atoms with Crippen LogP contribution in [-0.4, -0.2) is 55.6 Å². The van der Waals surface area contributed by atoms with Gasteiger partial charge in [-0.05, 0) is 32.9 Å².